The SMILES string of the molecule is CC(=O)OCC1OC(OC(C)C(OC(C)=O)c2ccccc2)C(OC(C)=O)C(OC(C)=O)C1OC(C)=O. The molecule has 12 nitrogen and oxygen atoms in total. The van der Waals surface area contributed by atoms with Crippen LogP contribution in [0.15, 0.2) is 30.3 Å². The molecule has 1 heterocycles. The maximum atomic E-state index is 12.0. The van der Waals surface area contributed by atoms with E-state index < -0.39 is 79.4 Å². The quantitative estimate of drug-likeness (QED) is 0.324. The molecule has 12 heteroatoms. The molecule has 1 aliphatic heterocycles. The van der Waals surface area contributed by atoms with Crippen LogP contribution in [0.5, 0.6) is 0 Å². The van der Waals surface area contributed by atoms with Crippen LogP contribution in [0.4, 0.5) is 0 Å². The Morgan fingerprint density at radius 2 is 1.30 bits per heavy atom. The van der Waals surface area contributed by atoms with E-state index in [0.717, 1.165) is 20.8 Å². The smallest absolute Gasteiger partial charge is 0.303 e. The second kappa shape index (κ2) is 13.7. The van der Waals surface area contributed by atoms with Gasteiger partial charge in [-0.15, -0.1) is 0 Å². The molecule has 0 bridgehead atoms. The Morgan fingerprint density at radius 3 is 1.81 bits per heavy atom. The molecule has 0 saturated carbocycles. The summed E-state index contributed by atoms with van der Waals surface area (Å²) in [5, 5.41) is 0. The topological polar surface area (TPSA) is 150 Å². The van der Waals surface area contributed by atoms with Crippen molar-refractivity contribution in [2.24, 2.45) is 0 Å². The van der Waals surface area contributed by atoms with E-state index in [9.17, 15) is 24.0 Å². The Kier molecular flexibility index (Phi) is 11.0. The van der Waals surface area contributed by atoms with Gasteiger partial charge in [-0.1, -0.05) is 30.3 Å². The molecule has 0 aromatic heterocycles. The Morgan fingerprint density at radius 1 is 0.757 bits per heavy atom. The Bertz CT molecular complexity index is 962. The van der Waals surface area contributed by atoms with Gasteiger partial charge in [-0.05, 0) is 12.5 Å². The number of rotatable bonds is 10. The van der Waals surface area contributed by atoms with Crippen LogP contribution in [0, 0.1) is 0 Å². The largest absolute Gasteiger partial charge is 0.463 e. The Hall–Kier alpha value is -3.51. The van der Waals surface area contributed by atoms with Crippen LogP contribution in [0.25, 0.3) is 0 Å². The minimum atomic E-state index is -1.41. The van der Waals surface area contributed by atoms with Gasteiger partial charge in [0, 0.05) is 34.6 Å². The average molecular weight is 525 g/mol. The molecule has 204 valence electrons. The summed E-state index contributed by atoms with van der Waals surface area (Å²) in [6.45, 7) is 7.01. The van der Waals surface area contributed by atoms with Crippen molar-refractivity contribution in [3.05, 3.63) is 35.9 Å². The molecule has 1 aromatic carbocycles. The number of carbonyl (C=O) groups excluding carboxylic acids is 5. The molecule has 1 aliphatic rings. The zero-order valence-electron chi connectivity index (χ0n) is 21.5. The first kappa shape index (κ1) is 29.7. The molecule has 0 spiro atoms. The standard InChI is InChI=1S/C25H32O12/c1-13(21(33-15(3)27)19-10-8-7-9-11-19)32-25-24(36-18(6)30)23(35-17(5)29)22(34-16(4)28)20(37-25)12-31-14(2)26/h7-11,13,20-25H,12H2,1-6H3. The lowest BCUT2D eigenvalue weighted by molar-refractivity contribution is -0.321. The van der Waals surface area contributed by atoms with Crippen LogP contribution in [0.3, 0.4) is 0 Å². The van der Waals surface area contributed by atoms with Crippen molar-refractivity contribution in [3.63, 3.8) is 0 Å². The molecular formula is C25H32O12. The first-order valence-corrected chi connectivity index (χ1v) is 11.6. The highest BCUT2D eigenvalue weighted by Gasteiger charge is 2.53. The number of ether oxygens (including phenoxy) is 7. The molecule has 1 saturated heterocycles. The first-order valence-electron chi connectivity index (χ1n) is 11.6. The van der Waals surface area contributed by atoms with Gasteiger partial charge in [0.05, 0.1) is 6.10 Å². The second-order valence-corrected chi connectivity index (χ2v) is 8.35. The van der Waals surface area contributed by atoms with Crippen LogP contribution in [-0.2, 0) is 57.1 Å². The average Bonchev–Trinajstić information content (AvgIpc) is 2.79. The monoisotopic (exact) mass is 524 g/mol. The number of esters is 5. The number of hydrogen-bond acceptors (Lipinski definition) is 12. The van der Waals surface area contributed by atoms with E-state index in [1.807, 2.05) is 0 Å². The van der Waals surface area contributed by atoms with E-state index in [0.29, 0.717) is 5.56 Å². The highest BCUT2D eigenvalue weighted by Crippen LogP contribution is 2.33. The van der Waals surface area contributed by atoms with Crippen molar-refractivity contribution >= 4 is 29.8 Å². The Labute approximate surface area is 214 Å². The zero-order valence-corrected chi connectivity index (χ0v) is 21.5. The second-order valence-electron chi connectivity index (χ2n) is 8.35. The van der Waals surface area contributed by atoms with Gasteiger partial charge in [-0.2, -0.15) is 0 Å². The van der Waals surface area contributed by atoms with E-state index in [4.69, 9.17) is 33.2 Å². The molecule has 0 amide bonds. The summed E-state index contributed by atoms with van der Waals surface area (Å²) in [5.41, 5.74) is 0.621. The minimum absolute atomic E-state index is 0.391. The number of hydrogen-bond donors (Lipinski definition) is 0. The maximum Gasteiger partial charge on any atom is 0.303 e. The van der Waals surface area contributed by atoms with Crippen LogP contribution in [0.2, 0.25) is 0 Å². The van der Waals surface area contributed by atoms with Crippen LogP contribution in [-0.4, -0.2) is 73.3 Å². The summed E-state index contributed by atoms with van der Waals surface area (Å²) in [7, 11) is 0. The molecule has 37 heavy (non-hydrogen) atoms. The highest BCUT2D eigenvalue weighted by molar-refractivity contribution is 5.69. The number of benzene rings is 1. The van der Waals surface area contributed by atoms with Gasteiger partial charge < -0.3 is 33.2 Å². The third-order valence-corrected chi connectivity index (χ3v) is 5.14. The van der Waals surface area contributed by atoms with Gasteiger partial charge in [-0.25, -0.2) is 0 Å². The fraction of sp³-hybridized carbons (Fsp3) is 0.560. The summed E-state index contributed by atoms with van der Waals surface area (Å²) in [6, 6.07) is 8.78. The molecule has 0 aliphatic carbocycles. The van der Waals surface area contributed by atoms with Crippen LogP contribution < -0.4 is 0 Å². The summed E-state index contributed by atoms with van der Waals surface area (Å²) in [4.78, 5) is 59.1. The predicted molar refractivity (Wildman–Crippen MR) is 123 cm³/mol. The normalized spacial score (nSPS) is 24.6. The van der Waals surface area contributed by atoms with Crippen molar-refractivity contribution in [2.75, 3.05) is 6.61 Å². The fourth-order valence-electron chi connectivity index (χ4n) is 3.84. The zero-order chi connectivity index (χ0) is 27.7. The molecule has 7 atom stereocenters. The summed E-state index contributed by atoms with van der Waals surface area (Å²) >= 11 is 0. The summed E-state index contributed by atoms with van der Waals surface area (Å²) in [6.07, 6.45) is -8.39. The van der Waals surface area contributed by atoms with E-state index in [2.05, 4.69) is 0 Å². The predicted octanol–water partition coefficient (Wildman–Crippen LogP) is 1.78. The molecule has 1 fully saturated rings. The third-order valence-electron chi connectivity index (χ3n) is 5.14. The maximum absolute atomic E-state index is 12.0. The van der Waals surface area contributed by atoms with Crippen molar-refractivity contribution < 1.29 is 57.1 Å². The lowest BCUT2D eigenvalue weighted by Crippen LogP contribution is -2.63. The highest BCUT2D eigenvalue weighted by atomic mass is 16.7. The fourth-order valence-corrected chi connectivity index (χ4v) is 3.84. The van der Waals surface area contributed by atoms with Gasteiger partial charge in [0.2, 0.25) is 0 Å². The molecule has 0 radical (unpaired) electrons. The summed E-state index contributed by atoms with van der Waals surface area (Å²) < 4.78 is 38.7. The van der Waals surface area contributed by atoms with E-state index >= 15 is 0 Å². The lowest BCUT2D eigenvalue weighted by Gasteiger charge is -2.45. The molecule has 2 rings (SSSR count). The third kappa shape index (κ3) is 9.14. The van der Waals surface area contributed by atoms with Crippen LogP contribution in [0.1, 0.15) is 53.2 Å². The molecule has 0 N–H and O–H groups in total. The van der Waals surface area contributed by atoms with E-state index in [-0.39, 0.29) is 0 Å². The molecular weight excluding hydrogens is 492 g/mol. The van der Waals surface area contributed by atoms with Gasteiger partial charge in [0.15, 0.2) is 30.7 Å². The van der Waals surface area contributed by atoms with Gasteiger partial charge >= 0.3 is 29.8 Å². The van der Waals surface area contributed by atoms with E-state index in [1.54, 1.807) is 37.3 Å². The van der Waals surface area contributed by atoms with Crippen molar-refractivity contribution in [2.45, 2.75) is 84.5 Å². The van der Waals surface area contributed by atoms with Crippen molar-refractivity contribution in [1.82, 2.24) is 0 Å². The molecule has 1 aromatic rings. The van der Waals surface area contributed by atoms with Crippen molar-refractivity contribution in [3.8, 4) is 0 Å². The minimum Gasteiger partial charge on any atom is -0.463 e. The first-order chi connectivity index (χ1) is 17.4. The van der Waals surface area contributed by atoms with Gasteiger partial charge in [-0.3, -0.25) is 24.0 Å². The van der Waals surface area contributed by atoms with Gasteiger partial charge in [0.1, 0.15) is 12.7 Å². The lowest BCUT2D eigenvalue weighted by atomic mass is 9.97. The Balaban J connectivity index is 2.47. The van der Waals surface area contributed by atoms with Crippen molar-refractivity contribution in [1.29, 1.82) is 0 Å². The molecule has 7 unspecified atom stereocenters. The van der Waals surface area contributed by atoms with Crippen LogP contribution >= 0.6 is 0 Å². The van der Waals surface area contributed by atoms with E-state index in [1.165, 1.54) is 13.8 Å². The summed E-state index contributed by atoms with van der Waals surface area (Å²) in [5.74, 6) is -3.47. The van der Waals surface area contributed by atoms with Gasteiger partial charge in [0.25, 0.3) is 0 Å². The number of carbonyl (C=O) groups is 5.